The van der Waals surface area contributed by atoms with Crippen LogP contribution < -0.4 is 19.7 Å². The normalized spacial score (nSPS) is 11.5. The van der Waals surface area contributed by atoms with Crippen LogP contribution in [0.1, 0.15) is 72.6 Å². The van der Waals surface area contributed by atoms with E-state index in [2.05, 4.69) is 97.1 Å². The Hall–Kier alpha value is -6.42. The SMILES string of the molecule is CCN(CC)c1ccc2c(-c3ccccc3C(=O)O)c3ccc(=[N+](CC)CC)cc-3oc2c1.CCN(CC)c1cccc(O)c1.O=C1OC(=O)c2ccccc21. The van der Waals surface area contributed by atoms with Gasteiger partial charge in [-0.25, -0.2) is 19.0 Å². The standard InChI is InChI=1S/C28H30N2O3.C10H15NO.C8H4O3/c1-5-29(6-2)19-13-15-23-25(17-19)33-26-18-20(30(7-3)8-4)14-16-24(26)27(23)21-11-9-10-12-22(21)28(31)32;1-3-11(4-2)9-6-5-7-10(12)8-9;9-7-5-3-1-2-4-6(5)8(10)11-7/h9-18H,5-8H2,1-4H3;5-8,12H,3-4H2,1-2H3;1-4H/p+1. The molecule has 2 heterocycles. The first-order valence-electron chi connectivity index (χ1n) is 19.1. The van der Waals surface area contributed by atoms with Crippen molar-refractivity contribution in [1.82, 2.24) is 4.58 Å². The molecule has 0 fully saturated rings. The van der Waals surface area contributed by atoms with Crippen molar-refractivity contribution in [2.24, 2.45) is 0 Å². The van der Waals surface area contributed by atoms with E-state index in [0.29, 0.717) is 22.4 Å². The van der Waals surface area contributed by atoms with Gasteiger partial charge in [0.05, 0.1) is 22.8 Å². The summed E-state index contributed by atoms with van der Waals surface area (Å²) in [6.45, 7) is 18.3. The number of rotatable bonds is 10. The molecule has 0 aromatic heterocycles. The summed E-state index contributed by atoms with van der Waals surface area (Å²) in [5.41, 5.74) is 6.42. The van der Waals surface area contributed by atoms with Crippen molar-refractivity contribution in [2.45, 2.75) is 41.5 Å². The lowest BCUT2D eigenvalue weighted by atomic mass is 9.90. The molecule has 0 spiro atoms. The fraction of sp³-hybridized carbons (Fsp3) is 0.261. The number of carbonyl (C=O) groups is 3. The Morgan fingerprint density at radius 2 is 1.20 bits per heavy atom. The Morgan fingerprint density at radius 1 is 0.625 bits per heavy atom. The van der Waals surface area contributed by atoms with Crippen LogP contribution in [0.2, 0.25) is 0 Å². The van der Waals surface area contributed by atoms with E-state index in [4.69, 9.17) is 4.42 Å². The molecule has 2 aliphatic heterocycles. The number of carbonyl (C=O) groups excluding carboxylic acids is 2. The van der Waals surface area contributed by atoms with Crippen molar-refractivity contribution in [2.75, 3.05) is 49.1 Å². The minimum Gasteiger partial charge on any atom is -0.508 e. The van der Waals surface area contributed by atoms with Gasteiger partial charge in [-0.1, -0.05) is 36.4 Å². The minimum absolute atomic E-state index is 0.284. The van der Waals surface area contributed by atoms with Gasteiger partial charge in [0.15, 0.2) is 0 Å². The Balaban J connectivity index is 0.000000210. The summed E-state index contributed by atoms with van der Waals surface area (Å²) < 4.78 is 13.1. The molecule has 56 heavy (non-hydrogen) atoms. The Labute approximate surface area is 327 Å². The van der Waals surface area contributed by atoms with Crippen LogP contribution in [0.15, 0.2) is 114 Å². The number of phenolic OH excluding ortho intramolecular Hbond substituents is 1. The molecule has 290 valence electrons. The lowest BCUT2D eigenvalue weighted by Gasteiger charge is -2.22. The summed E-state index contributed by atoms with van der Waals surface area (Å²) in [7, 11) is 0. The van der Waals surface area contributed by atoms with E-state index in [1.54, 1.807) is 48.5 Å². The number of carboxylic acid groups (broad SMARTS) is 1. The largest absolute Gasteiger partial charge is 0.508 e. The highest BCUT2D eigenvalue weighted by atomic mass is 16.6. The van der Waals surface area contributed by atoms with E-state index in [1.165, 1.54) is 0 Å². The third-order valence-corrected chi connectivity index (χ3v) is 9.88. The molecule has 7 rings (SSSR count). The van der Waals surface area contributed by atoms with Crippen molar-refractivity contribution < 1.29 is 33.8 Å². The molecule has 10 heteroatoms. The van der Waals surface area contributed by atoms with Crippen LogP contribution >= 0.6 is 0 Å². The smallest absolute Gasteiger partial charge is 0.346 e. The summed E-state index contributed by atoms with van der Waals surface area (Å²) in [4.78, 5) is 38.2. The van der Waals surface area contributed by atoms with Crippen LogP contribution in [0.4, 0.5) is 11.4 Å². The highest BCUT2D eigenvalue weighted by Gasteiger charge is 2.28. The number of aromatic hydroxyl groups is 1. The molecule has 0 saturated heterocycles. The van der Waals surface area contributed by atoms with Crippen molar-refractivity contribution in [3.05, 3.63) is 131 Å². The number of fused-ring (bicyclic) bond motifs is 3. The van der Waals surface area contributed by atoms with E-state index in [-0.39, 0.29) is 5.56 Å². The molecule has 4 aromatic rings. The maximum absolute atomic E-state index is 12.1. The third kappa shape index (κ3) is 8.92. The molecule has 2 N–H and O–H groups in total. The number of ether oxygens (including phenoxy) is 1. The summed E-state index contributed by atoms with van der Waals surface area (Å²) in [5, 5.41) is 21.1. The van der Waals surface area contributed by atoms with Gasteiger partial charge in [0.2, 0.25) is 5.36 Å². The number of hydrogen-bond donors (Lipinski definition) is 2. The van der Waals surface area contributed by atoms with Gasteiger partial charge in [-0.3, -0.25) is 0 Å². The number of hydrogen-bond acceptors (Lipinski definition) is 8. The molecular formula is C46H50N3O7+. The first-order valence-corrected chi connectivity index (χ1v) is 19.1. The molecule has 3 aliphatic rings. The van der Waals surface area contributed by atoms with Gasteiger partial charge in [0.25, 0.3) is 0 Å². The van der Waals surface area contributed by atoms with Crippen LogP contribution in [0.3, 0.4) is 0 Å². The number of carboxylic acids is 1. The zero-order valence-electron chi connectivity index (χ0n) is 32.9. The Bertz CT molecular complexity index is 2330. The van der Waals surface area contributed by atoms with Gasteiger partial charge in [0.1, 0.15) is 30.2 Å². The molecule has 1 aliphatic carbocycles. The summed E-state index contributed by atoms with van der Waals surface area (Å²) in [6.07, 6.45) is 0. The zero-order valence-corrected chi connectivity index (χ0v) is 32.9. The minimum atomic E-state index is -0.938. The topological polar surface area (TPSA) is 124 Å². The van der Waals surface area contributed by atoms with Gasteiger partial charge in [-0.2, -0.15) is 0 Å². The van der Waals surface area contributed by atoms with E-state index in [1.807, 2.05) is 24.3 Å². The number of cyclic esters (lactones) is 2. The number of aromatic carboxylic acids is 1. The quantitative estimate of drug-likeness (QED) is 0.0611. The first-order chi connectivity index (χ1) is 27.1. The number of esters is 2. The fourth-order valence-electron chi connectivity index (χ4n) is 6.93. The average molecular weight is 757 g/mol. The molecule has 0 saturated carbocycles. The Kier molecular flexibility index (Phi) is 13.6. The van der Waals surface area contributed by atoms with Gasteiger partial charge < -0.3 is 29.2 Å². The lowest BCUT2D eigenvalue weighted by Crippen LogP contribution is -2.29. The number of benzene rings is 5. The Morgan fingerprint density at radius 3 is 1.75 bits per heavy atom. The van der Waals surface area contributed by atoms with Crippen LogP contribution in [-0.4, -0.2) is 67.4 Å². The van der Waals surface area contributed by atoms with Gasteiger partial charge in [-0.15, -0.1) is 0 Å². The van der Waals surface area contributed by atoms with Crippen molar-refractivity contribution in [3.8, 4) is 28.2 Å². The van der Waals surface area contributed by atoms with Crippen molar-refractivity contribution in [1.29, 1.82) is 0 Å². The molecule has 0 amide bonds. The van der Waals surface area contributed by atoms with E-state index in [9.17, 15) is 24.6 Å². The first kappa shape index (κ1) is 40.8. The highest BCUT2D eigenvalue weighted by Crippen LogP contribution is 2.42. The molecule has 0 atom stereocenters. The zero-order chi connectivity index (χ0) is 40.4. The second-order valence-electron chi connectivity index (χ2n) is 12.9. The predicted octanol–water partition coefficient (Wildman–Crippen LogP) is 8.80. The molecule has 4 aromatic carbocycles. The van der Waals surface area contributed by atoms with Crippen molar-refractivity contribution >= 4 is 40.3 Å². The molecule has 0 radical (unpaired) electrons. The van der Waals surface area contributed by atoms with Crippen LogP contribution in [0, 0.1) is 0 Å². The van der Waals surface area contributed by atoms with Gasteiger partial charge in [0, 0.05) is 72.3 Å². The van der Waals surface area contributed by atoms with Crippen LogP contribution in [-0.2, 0) is 4.74 Å². The van der Waals surface area contributed by atoms with E-state index in [0.717, 1.165) is 83.9 Å². The molecular weight excluding hydrogens is 707 g/mol. The summed E-state index contributed by atoms with van der Waals surface area (Å²) >= 11 is 0. The summed E-state index contributed by atoms with van der Waals surface area (Å²) in [5.74, 6) is -0.957. The molecule has 0 unspecified atom stereocenters. The van der Waals surface area contributed by atoms with E-state index >= 15 is 0 Å². The average Bonchev–Trinajstić information content (AvgIpc) is 3.51. The van der Waals surface area contributed by atoms with Gasteiger partial charge in [-0.05, 0) is 95.6 Å². The molecule has 0 bridgehead atoms. The summed E-state index contributed by atoms with van der Waals surface area (Å²) in [6, 6.07) is 33.5. The maximum Gasteiger partial charge on any atom is 0.346 e. The molecule has 10 nitrogen and oxygen atoms in total. The van der Waals surface area contributed by atoms with Crippen molar-refractivity contribution in [3.63, 3.8) is 0 Å². The monoisotopic (exact) mass is 756 g/mol. The van der Waals surface area contributed by atoms with Crippen LogP contribution in [0.25, 0.3) is 33.4 Å². The number of anilines is 2. The van der Waals surface area contributed by atoms with Gasteiger partial charge >= 0.3 is 17.9 Å². The fourth-order valence-corrected chi connectivity index (χ4v) is 6.93. The second-order valence-corrected chi connectivity index (χ2v) is 12.9. The number of phenols is 1. The predicted molar refractivity (Wildman–Crippen MR) is 223 cm³/mol. The maximum atomic E-state index is 12.1. The van der Waals surface area contributed by atoms with Crippen LogP contribution in [0.5, 0.6) is 5.75 Å². The second kappa shape index (κ2) is 18.8. The van der Waals surface area contributed by atoms with E-state index < -0.39 is 17.9 Å². The lowest BCUT2D eigenvalue weighted by molar-refractivity contribution is 0.0443. The third-order valence-electron chi connectivity index (χ3n) is 9.88. The number of nitrogens with zero attached hydrogens (tertiary/aromatic N) is 3. The highest BCUT2D eigenvalue weighted by molar-refractivity contribution is 6.14.